The molecule has 3 heterocycles. The number of phenolic OH excluding ortho intramolecular Hbond substituents is 1. The maximum absolute atomic E-state index is 14.2. The molecule has 2 aromatic heterocycles. The number of hydrogen-bond acceptors (Lipinski definition) is 5. The monoisotopic (exact) mass is 495 g/mol. The van der Waals surface area contributed by atoms with E-state index < -0.39 is 35.9 Å². The van der Waals surface area contributed by atoms with Crippen LogP contribution in [-0.4, -0.2) is 63.2 Å². The van der Waals surface area contributed by atoms with Crippen molar-refractivity contribution in [3.63, 3.8) is 0 Å². The Morgan fingerprint density at radius 2 is 1.80 bits per heavy atom. The van der Waals surface area contributed by atoms with Gasteiger partial charge in [-0.3, -0.25) is 4.90 Å². The molecule has 3 aromatic rings. The van der Waals surface area contributed by atoms with E-state index in [2.05, 4.69) is 14.9 Å². The fourth-order valence-corrected chi connectivity index (χ4v) is 4.73. The molecular weight excluding hydrogens is 466 g/mol. The molecule has 0 radical (unpaired) electrons. The second-order valence-electron chi connectivity index (χ2n) is 9.85. The summed E-state index contributed by atoms with van der Waals surface area (Å²) < 4.78 is 61.6. The molecule has 4 rings (SSSR count). The molecule has 0 spiro atoms. The van der Waals surface area contributed by atoms with Gasteiger partial charge in [0.25, 0.3) is 0 Å². The number of aliphatic hydroxyl groups is 1. The first-order chi connectivity index (χ1) is 16.4. The van der Waals surface area contributed by atoms with Crippen molar-refractivity contribution in [1.82, 2.24) is 14.9 Å². The third-order valence-corrected chi connectivity index (χ3v) is 6.51. The Balaban J connectivity index is 1.59. The smallest absolute Gasteiger partial charge is 0.417 e. The maximum atomic E-state index is 14.2. The van der Waals surface area contributed by atoms with E-state index in [9.17, 15) is 27.8 Å². The van der Waals surface area contributed by atoms with Crippen molar-refractivity contribution in [2.75, 3.05) is 26.3 Å². The van der Waals surface area contributed by atoms with Gasteiger partial charge in [-0.15, -0.1) is 0 Å². The van der Waals surface area contributed by atoms with E-state index in [-0.39, 0.29) is 17.0 Å². The van der Waals surface area contributed by atoms with Crippen LogP contribution in [0.2, 0.25) is 0 Å². The molecule has 1 saturated heterocycles. The summed E-state index contributed by atoms with van der Waals surface area (Å²) in [6, 6.07) is 8.22. The fourth-order valence-electron chi connectivity index (χ4n) is 4.73. The van der Waals surface area contributed by atoms with Gasteiger partial charge in [0, 0.05) is 37.3 Å². The van der Waals surface area contributed by atoms with Crippen LogP contribution in [-0.2, 0) is 23.1 Å². The number of halogens is 4. The van der Waals surface area contributed by atoms with Crippen LogP contribution in [0.1, 0.15) is 37.2 Å². The quantitative estimate of drug-likeness (QED) is 0.422. The number of H-pyrrole nitrogens is 1. The van der Waals surface area contributed by atoms with Crippen molar-refractivity contribution < 1.29 is 32.5 Å². The van der Waals surface area contributed by atoms with Gasteiger partial charge in [0.2, 0.25) is 0 Å². The lowest BCUT2D eigenvalue weighted by Gasteiger charge is -2.38. The van der Waals surface area contributed by atoms with E-state index in [4.69, 9.17) is 4.74 Å². The van der Waals surface area contributed by atoms with Crippen molar-refractivity contribution in [2.24, 2.45) is 0 Å². The van der Waals surface area contributed by atoms with Crippen molar-refractivity contribution in [3.05, 3.63) is 59.2 Å². The number of fused-ring (bicyclic) bond motifs is 1. The highest BCUT2D eigenvalue weighted by atomic mass is 19.4. The summed E-state index contributed by atoms with van der Waals surface area (Å²) in [6.07, 6.45) is -6.50. The highest BCUT2D eigenvalue weighted by Crippen LogP contribution is 2.45. The summed E-state index contributed by atoms with van der Waals surface area (Å²) in [4.78, 5) is 9.70. The summed E-state index contributed by atoms with van der Waals surface area (Å²) in [6.45, 7) is 6.34. The Morgan fingerprint density at radius 3 is 2.49 bits per heavy atom. The van der Waals surface area contributed by atoms with E-state index in [0.29, 0.717) is 30.8 Å². The minimum Gasteiger partial charge on any atom is -0.508 e. The topological polar surface area (TPSA) is 81.6 Å². The van der Waals surface area contributed by atoms with Gasteiger partial charge in [0.1, 0.15) is 11.6 Å². The summed E-state index contributed by atoms with van der Waals surface area (Å²) in [5.41, 5.74) is -2.48. The number of ether oxygens (including phenoxy) is 1. The first-order valence-electron chi connectivity index (χ1n) is 11.4. The zero-order valence-electron chi connectivity index (χ0n) is 19.6. The zero-order chi connectivity index (χ0) is 25.4. The van der Waals surface area contributed by atoms with E-state index in [1.165, 1.54) is 19.9 Å². The number of rotatable bonds is 7. The number of benzene rings is 1. The summed E-state index contributed by atoms with van der Waals surface area (Å²) in [5.74, 6) is -1.01. The highest BCUT2D eigenvalue weighted by Gasteiger charge is 2.56. The van der Waals surface area contributed by atoms with Gasteiger partial charge >= 0.3 is 6.18 Å². The van der Waals surface area contributed by atoms with Crippen LogP contribution in [0.25, 0.3) is 11.0 Å². The fraction of sp³-hybridized carbons (Fsp3) is 0.480. The van der Waals surface area contributed by atoms with Crippen LogP contribution in [0.5, 0.6) is 5.75 Å². The predicted octanol–water partition coefficient (Wildman–Crippen LogP) is 4.44. The average Bonchev–Trinajstić information content (AvgIpc) is 3.16. The third kappa shape index (κ3) is 5.60. The molecule has 3 N–H and O–H groups in total. The van der Waals surface area contributed by atoms with Crippen LogP contribution in [0.15, 0.2) is 36.4 Å². The number of pyridine rings is 1. The summed E-state index contributed by atoms with van der Waals surface area (Å²) in [7, 11) is 0. The third-order valence-electron chi connectivity index (χ3n) is 6.51. The number of hydrogen-bond donors (Lipinski definition) is 3. The summed E-state index contributed by atoms with van der Waals surface area (Å²) in [5, 5.41) is 21.0. The number of aromatic nitrogens is 2. The average molecular weight is 496 g/mol. The molecule has 190 valence electrons. The molecule has 0 bridgehead atoms. The van der Waals surface area contributed by atoms with Gasteiger partial charge in [-0.2, -0.15) is 13.2 Å². The Bertz CT molecular complexity index is 1190. The molecule has 0 saturated carbocycles. The number of morpholine rings is 1. The normalized spacial score (nSPS) is 17.6. The van der Waals surface area contributed by atoms with E-state index in [0.717, 1.165) is 37.0 Å². The number of aromatic amines is 1. The number of aromatic hydroxyl groups is 1. The number of alkyl halides is 3. The van der Waals surface area contributed by atoms with Gasteiger partial charge in [-0.05, 0) is 48.2 Å². The molecule has 10 heteroatoms. The van der Waals surface area contributed by atoms with Crippen molar-refractivity contribution >= 4 is 11.0 Å². The molecular formula is C25H29F4N3O3. The molecule has 1 aliphatic heterocycles. The van der Waals surface area contributed by atoms with Crippen LogP contribution in [0, 0.1) is 5.82 Å². The second-order valence-corrected chi connectivity index (χ2v) is 9.85. The van der Waals surface area contributed by atoms with Crippen molar-refractivity contribution in [2.45, 2.75) is 50.4 Å². The molecule has 1 atom stereocenters. The summed E-state index contributed by atoms with van der Waals surface area (Å²) >= 11 is 0. The molecule has 6 nitrogen and oxygen atoms in total. The van der Waals surface area contributed by atoms with E-state index in [1.807, 2.05) is 6.07 Å². The number of nitrogens with one attached hydrogen (secondary N) is 1. The molecule has 0 aliphatic carbocycles. The van der Waals surface area contributed by atoms with Crippen LogP contribution >= 0.6 is 0 Å². The van der Waals surface area contributed by atoms with E-state index in [1.54, 1.807) is 6.07 Å². The zero-order valence-corrected chi connectivity index (χ0v) is 19.6. The second kappa shape index (κ2) is 9.40. The van der Waals surface area contributed by atoms with E-state index >= 15 is 0 Å². The first-order valence-corrected chi connectivity index (χ1v) is 11.4. The minimum atomic E-state index is -4.97. The van der Waals surface area contributed by atoms with Crippen LogP contribution in [0.3, 0.4) is 0 Å². The predicted molar refractivity (Wildman–Crippen MR) is 123 cm³/mol. The Morgan fingerprint density at radius 1 is 1.09 bits per heavy atom. The van der Waals surface area contributed by atoms with Gasteiger partial charge < -0.3 is 19.9 Å². The van der Waals surface area contributed by atoms with Crippen LogP contribution < -0.4 is 0 Å². The Kier molecular flexibility index (Phi) is 6.82. The molecule has 1 aromatic carbocycles. The molecule has 35 heavy (non-hydrogen) atoms. The highest BCUT2D eigenvalue weighted by molar-refractivity contribution is 5.76. The largest absolute Gasteiger partial charge is 0.508 e. The van der Waals surface area contributed by atoms with Gasteiger partial charge in [0.15, 0.2) is 5.60 Å². The molecule has 0 amide bonds. The SMILES string of the molecule is CC(C)(CC(O)(Cc1cc2nc(CN3CCOCC3)ccc2[nH]1)C(F)(F)F)c1cc(F)ccc1O. The van der Waals surface area contributed by atoms with Gasteiger partial charge in [-0.25, -0.2) is 9.37 Å². The molecule has 1 fully saturated rings. The maximum Gasteiger partial charge on any atom is 0.417 e. The lowest BCUT2D eigenvalue weighted by molar-refractivity contribution is -0.266. The lowest BCUT2D eigenvalue weighted by atomic mass is 9.73. The van der Waals surface area contributed by atoms with Gasteiger partial charge in [-0.1, -0.05) is 13.8 Å². The Labute approximate surface area is 200 Å². The number of nitrogens with zero attached hydrogens (tertiary/aromatic N) is 2. The minimum absolute atomic E-state index is 0.00811. The Hall–Kier alpha value is -2.69. The van der Waals surface area contributed by atoms with Crippen molar-refractivity contribution in [3.8, 4) is 5.75 Å². The standard InChI is InChI=1S/C25H29F4N3O3/c1-23(2,19-11-16(26)3-6-22(19)33)15-24(34,25(27,28)29)13-18-12-21-20(31-18)5-4-17(30-21)14-32-7-9-35-10-8-32/h3-6,11-12,31,33-34H,7-10,13-15H2,1-2H3. The lowest BCUT2D eigenvalue weighted by Crippen LogP contribution is -2.50. The first kappa shape index (κ1) is 25.4. The number of phenols is 1. The van der Waals surface area contributed by atoms with Gasteiger partial charge in [0.05, 0.1) is 29.9 Å². The molecule has 1 aliphatic rings. The molecule has 1 unspecified atom stereocenters. The van der Waals surface area contributed by atoms with Crippen molar-refractivity contribution in [1.29, 1.82) is 0 Å². The van der Waals surface area contributed by atoms with Crippen LogP contribution in [0.4, 0.5) is 17.6 Å².